The number of hydrogen-bond donors (Lipinski definition) is 1. The van der Waals surface area contributed by atoms with E-state index in [9.17, 15) is 4.39 Å². The summed E-state index contributed by atoms with van der Waals surface area (Å²) in [6, 6.07) is 16.6. The van der Waals surface area contributed by atoms with Crippen LogP contribution in [-0.2, 0) is 4.74 Å². The van der Waals surface area contributed by atoms with Crippen LogP contribution in [0.5, 0.6) is 0 Å². The maximum atomic E-state index is 13.4. The number of ether oxygens (including phenoxy) is 1. The van der Waals surface area contributed by atoms with E-state index in [0.29, 0.717) is 6.61 Å². The van der Waals surface area contributed by atoms with E-state index in [0.717, 1.165) is 33.7 Å². The highest BCUT2D eigenvalue weighted by Gasteiger charge is 2.18. The van der Waals surface area contributed by atoms with Gasteiger partial charge in [-0.2, -0.15) is 0 Å². The summed E-state index contributed by atoms with van der Waals surface area (Å²) in [5.74, 6) is 0.475. The van der Waals surface area contributed by atoms with Crippen molar-refractivity contribution < 1.29 is 9.13 Å². The SMILES string of the molecule is COC[C@@H](C)Nc1ncnc2c1c(-c1ccccc1)cn2-c1ccc(F)cc1. The van der Waals surface area contributed by atoms with Crippen LogP contribution >= 0.6 is 0 Å². The lowest BCUT2D eigenvalue weighted by Crippen LogP contribution is -2.21. The second-order valence-corrected chi connectivity index (χ2v) is 6.68. The van der Waals surface area contributed by atoms with E-state index >= 15 is 0 Å². The quantitative estimate of drug-likeness (QED) is 0.531. The third-order valence-electron chi connectivity index (χ3n) is 4.57. The van der Waals surface area contributed by atoms with Crippen LogP contribution in [0.25, 0.3) is 27.8 Å². The fourth-order valence-corrected chi connectivity index (χ4v) is 3.33. The molecule has 0 aliphatic heterocycles. The molecule has 0 spiro atoms. The van der Waals surface area contributed by atoms with Crippen molar-refractivity contribution in [2.45, 2.75) is 13.0 Å². The first-order valence-corrected chi connectivity index (χ1v) is 9.10. The van der Waals surface area contributed by atoms with Gasteiger partial charge >= 0.3 is 0 Å². The second-order valence-electron chi connectivity index (χ2n) is 6.68. The Kier molecular flexibility index (Phi) is 5.04. The molecule has 0 saturated heterocycles. The minimum atomic E-state index is -0.270. The van der Waals surface area contributed by atoms with Crippen molar-refractivity contribution in [1.82, 2.24) is 14.5 Å². The van der Waals surface area contributed by atoms with Crippen LogP contribution in [0.4, 0.5) is 10.2 Å². The van der Waals surface area contributed by atoms with E-state index in [1.54, 1.807) is 25.6 Å². The number of halogens is 1. The van der Waals surface area contributed by atoms with Crippen molar-refractivity contribution in [3.63, 3.8) is 0 Å². The van der Waals surface area contributed by atoms with Crippen LogP contribution in [0.2, 0.25) is 0 Å². The Morgan fingerprint density at radius 3 is 2.54 bits per heavy atom. The summed E-state index contributed by atoms with van der Waals surface area (Å²) in [5.41, 5.74) is 3.66. The molecule has 1 atom stereocenters. The van der Waals surface area contributed by atoms with Gasteiger partial charge < -0.3 is 14.6 Å². The third-order valence-corrected chi connectivity index (χ3v) is 4.57. The van der Waals surface area contributed by atoms with Crippen LogP contribution < -0.4 is 5.32 Å². The molecule has 0 aliphatic rings. The predicted octanol–water partition coefficient (Wildman–Crippen LogP) is 4.67. The van der Waals surface area contributed by atoms with Crippen molar-refractivity contribution in [1.29, 1.82) is 0 Å². The molecule has 0 saturated carbocycles. The van der Waals surface area contributed by atoms with Gasteiger partial charge in [0.2, 0.25) is 0 Å². The largest absolute Gasteiger partial charge is 0.383 e. The monoisotopic (exact) mass is 376 g/mol. The molecule has 142 valence electrons. The zero-order valence-electron chi connectivity index (χ0n) is 15.8. The number of hydrogen-bond acceptors (Lipinski definition) is 4. The van der Waals surface area contributed by atoms with Crippen LogP contribution in [0.1, 0.15) is 6.92 Å². The molecule has 28 heavy (non-hydrogen) atoms. The molecule has 0 amide bonds. The second kappa shape index (κ2) is 7.78. The molecule has 0 unspecified atom stereocenters. The molecule has 1 N–H and O–H groups in total. The van der Waals surface area contributed by atoms with Gasteiger partial charge in [0, 0.05) is 30.6 Å². The summed E-state index contributed by atoms with van der Waals surface area (Å²) in [7, 11) is 1.67. The van der Waals surface area contributed by atoms with Crippen LogP contribution in [0, 0.1) is 5.82 Å². The molecule has 2 aromatic heterocycles. The van der Waals surface area contributed by atoms with E-state index in [2.05, 4.69) is 27.4 Å². The fourth-order valence-electron chi connectivity index (χ4n) is 3.33. The Bertz CT molecular complexity index is 1080. The highest BCUT2D eigenvalue weighted by molar-refractivity contribution is 6.02. The van der Waals surface area contributed by atoms with Crippen molar-refractivity contribution in [3.8, 4) is 16.8 Å². The van der Waals surface area contributed by atoms with Gasteiger partial charge in [-0.15, -0.1) is 0 Å². The Balaban J connectivity index is 1.93. The van der Waals surface area contributed by atoms with Gasteiger partial charge in [-0.25, -0.2) is 14.4 Å². The van der Waals surface area contributed by atoms with Crippen molar-refractivity contribution in [2.24, 2.45) is 0 Å². The molecule has 4 rings (SSSR count). The molecule has 2 aromatic carbocycles. The lowest BCUT2D eigenvalue weighted by molar-refractivity contribution is 0.190. The molecule has 4 aromatic rings. The van der Waals surface area contributed by atoms with E-state index < -0.39 is 0 Å². The lowest BCUT2D eigenvalue weighted by atomic mass is 10.1. The minimum absolute atomic E-state index is 0.0842. The summed E-state index contributed by atoms with van der Waals surface area (Å²) in [6.07, 6.45) is 3.56. The van der Waals surface area contributed by atoms with Gasteiger partial charge in [0.25, 0.3) is 0 Å². The first kappa shape index (κ1) is 18.1. The molecule has 2 heterocycles. The highest BCUT2D eigenvalue weighted by atomic mass is 19.1. The van der Waals surface area contributed by atoms with Gasteiger partial charge in [0.15, 0.2) is 5.65 Å². The van der Waals surface area contributed by atoms with E-state index in [1.807, 2.05) is 35.9 Å². The van der Waals surface area contributed by atoms with E-state index in [4.69, 9.17) is 4.74 Å². The molecule has 0 radical (unpaired) electrons. The van der Waals surface area contributed by atoms with Gasteiger partial charge in [-0.05, 0) is 36.8 Å². The molecular formula is C22H21FN4O. The smallest absolute Gasteiger partial charge is 0.150 e. The Morgan fingerprint density at radius 2 is 1.82 bits per heavy atom. The van der Waals surface area contributed by atoms with Gasteiger partial charge in [0.1, 0.15) is 18.0 Å². The summed E-state index contributed by atoms with van der Waals surface area (Å²) >= 11 is 0. The summed E-state index contributed by atoms with van der Waals surface area (Å²) < 4.78 is 20.6. The van der Waals surface area contributed by atoms with Crippen molar-refractivity contribution >= 4 is 16.9 Å². The highest BCUT2D eigenvalue weighted by Crippen LogP contribution is 2.35. The summed E-state index contributed by atoms with van der Waals surface area (Å²) in [5, 5.41) is 4.34. The average molecular weight is 376 g/mol. The number of aromatic nitrogens is 3. The van der Waals surface area contributed by atoms with Crippen molar-refractivity contribution in [2.75, 3.05) is 19.0 Å². The Morgan fingerprint density at radius 1 is 1.07 bits per heavy atom. The first-order chi connectivity index (χ1) is 13.7. The Hall–Kier alpha value is -3.25. The topological polar surface area (TPSA) is 52.0 Å². The normalized spacial score (nSPS) is 12.2. The molecule has 0 fully saturated rings. The number of nitrogens with one attached hydrogen (secondary N) is 1. The molecule has 5 nitrogen and oxygen atoms in total. The molecule has 6 heteroatoms. The number of methoxy groups -OCH3 is 1. The van der Waals surface area contributed by atoms with Crippen LogP contribution in [0.3, 0.4) is 0 Å². The average Bonchev–Trinajstić information content (AvgIpc) is 3.10. The third kappa shape index (κ3) is 3.46. The first-order valence-electron chi connectivity index (χ1n) is 9.10. The summed E-state index contributed by atoms with van der Waals surface area (Å²) in [4.78, 5) is 9.01. The molecular weight excluding hydrogens is 355 g/mol. The lowest BCUT2D eigenvalue weighted by Gasteiger charge is -2.14. The number of anilines is 1. The summed E-state index contributed by atoms with van der Waals surface area (Å²) in [6.45, 7) is 2.60. The Labute approximate surface area is 162 Å². The number of rotatable bonds is 6. The standard InChI is InChI=1S/C22H21FN4O/c1-15(13-28-2)26-21-20-19(16-6-4-3-5-7-16)12-27(22(20)25-14-24-21)18-10-8-17(23)9-11-18/h3-12,14-15H,13H2,1-2H3,(H,24,25,26)/t15-/m1/s1. The number of fused-ring (bicyclic) bond motifs is 1. The van der Waals surface area contributed by atoms with Gasteiger partial charge in [0.05, 0.1) is 12.0 Å². The maximum Gasteiger partial charge on any atom is 0.150 e. The zero-order valence-corrected chi connectivity index (χ0v) is 15.8. The van der Waals surface area contributed by atoms with E-state index in [1.165, 1.54) is 12.1 Å². The number of nitrogens with zero attached hydrogens (tertiary/aromatic N) is 3. The zero-order chi connectivity index (χ0) is 19.5. The predicted molar refractivity (Wildman–Crippen MR) is 109 cm³/mol. The fraction of sp³-hybridized carbons (Fsp3) is 0.182. The van der Waals surface area contributed by atoms with Gasteiger partial charge in [-0.1, -0.05) is 30.3 Å². The van der Waals surface area contributed by atoms with Gasteiger partial charge in [-0.3, -0.25) is 0 Å². The number of benzene rings is 2. The van der Waals surface area contributed by atoms with Crippen LogP contribution in [-0.4, -0.2) is 34.3 Å². The maximum absolute atomic E-state index is 13.4. The minimum Gasteiger partial charge on any atom is -0.383 e. The van der Waals surface area contributed by atoms with Crippen LogP contribution in [0.15, 0.2) is 67.1 Å². The van der Waals surface area contributed by atoms with E-state index in [-0.39, 0.29) is 11.9 Å². The van der Waals surface area contributed by atoms with Crippen molar-refractivity contribution in [3.05, 3.63) is 72.9 Å². The molecule has 0 bridgehead atoms. The molecule has 0 aliphatic carbocycles.